The van der Waals surface area contributed by atoms with Crippen LogP contribution in [0.3, 0.4) is 0 Å². The Morgan fingerprint density at radius 2 is 1.67 bits per heavy atom. The van der Waals surface area contributed by atoms with Crippen molar-refractivity contribution in [3.8, 4) is 0 Å². The lowest BCUT2D eigenvalue weighted by molar-refractivity contribution is 0.197. The van der Waals surface area contributed by atoms with Crippen LogP contribution in [0.2, 0.25) is 0 Å². The van der Waals surface area contributed by atoms with Gasteiger partial charge in [-0.15, -0.1) is 0 Å². The Hall–Kier alpha value is -0.0800. The van der Waals surface area contributed by atoms with Gasteiger partial charge >= 0.3 is 0 Å². The van der Waals surface area contributed by atoms with Crippen molar-refractivity contribution in [1.29, 1.82) is 0 Å². The van der Waals surface area contributed by atoms with Crippen LogP contribution in [0.4, 0.5) is 0 Å². The molecule has 0 aliphatic heterocycles. The van der Waals surface area contributed by atoms with Crippen molar-refractivity contribution in [2.75, 3.05) is 13.7 Å². The van der Waals surface area contributed by atoms with E-state index in [4.69, 9.17) is 5.11 Å². The average Bonchev–Trinajstić information content (AvgIpc) is 1.93. The summed E-state index contributed by atoms with van der Waals surface area (Å²) in [6, 6.07) is 0. The van der Waals surface area contributed by atoms with Crippen molar-refractivity contribution in [2.24, 2.45) is 0 Å². The molecule has 0 aliphatic rings. The first-order valence-electron chi connectivity index (χ1n) is 3.42. The molecule has 0 fully saturated rings. The molecule has 0 spiro atoms. The van der Waals surface area contributed by atoms with Gasteiger partial charge in [0.25, 0.3) is 0 Å². The molecule has 0 saturated carbocycles. The van der Waals surface area contributed by atoms with Gasteiger partial charge < -0.3 is 10.4 Å². The van der Waals surface area contributed by atoms with Gasteiger partial charge in [-0.2, -0.15) is 0 Å². The van der Waals surface area contributed by atoms with Gasteiger partial charge in [-0.1, -0.05) is 13.8 Å². The second kappa shape index (κ2) is 6.05. The Labute approximate surface area is 58.3 Å². The van der Waals surface area contributed by atoms with Crippen LogP contribution in [-0.2, 0) is 0 Å². The SMILES string of the molecule is CC.CNC(C)(C)CO. The van der Waals surface area contributed by atoms with Crippen LogP contribution in [0.15, 0.2) is 0 Å². The third-order valence-corrected chi connectivity index (χ3v) is 1.07. The molecule has 2 heteroatoms. The summed E-state index contributed by atoms with van der Waals surface area (Å²) in [7, 11) is 1.83. The van der Waals surface area contributed by atoms with Crippen LogP contribution < -0.4 is 5.32 Å². The predicted molar refractivity (Wildman–Crippen MR) is 41.6 cm³/mol. The zero-order valence-corrected chi connectivity index (χ0v) is 7.15. The molecule has 0 aliphatic carbocycles. The van der Waals surface area contributed by atoms with Crippen LogP contribution >= 0.6 is 0 Å². The Balaban J connectivity index is 0. The van der Waals surface area contributed by atoms with Crippen LogP contribution in [0.1, 0.15) is 27.7 Å². The molecule has 9 heavy (non-hydrogen) atoms. The first-order chi connectivity index (χ1) is 4.12. The van der Waals surface area contributed by atoms with Crippen molar-refractivity contribution in [3.63, 3.8) is 0 Å². The molecule has 0 heterocycles. The highest BCUT2D eigenvalue weighted by molar-refractivity contribution is 4.72. The third kappa shape index (κ3) is 7.92. The molecular formula is C7H19NO. The quantitative estimate of drug-likeness (QED) is 0.589. The van der Waals surface area contributed by atoms with Crippen molar-refractivity contribution in [3.05, 3.63) is 0 Å². The van der Waals surface area contributed by atoms with Crippen molar-refractivity contribution in [2.45, 2.75) is 33.2 Å². The number of aliphatic hydroxyl groups is 1. The van der Waals surface area contributed by atoms with E-state index in [1.807, 2.05) is 34.7 Å². The number of hydrogen-bond acceptors (Lipinski definition) is 2. The lowest BCUT2D eigenvalue weighted by atomic mass is 10.1. The van der Waals surface area contributed by atoms with Gasteiger partial charge in [0.1, 0.15) is 0 Å². The number of likely N-dealkylation sites (N-methyl/N-ethyl adjacent to an activating group) is 1. The smallest absolute Gasteiger partial charge is 0.0607 e. The Bertz CT molecular complexity index is 46.9. The second-order valence-corrected chi connectivity index (χ2v) is 2.29. The predicted octanol–water partition coefficient (Wildman–Crippen LogP) is 1.00. The van der Waals surface area contributed by atoms with Gasteiger partial charge in [-0.3, -0.25) is 0 Å². The fraction of sp³-hybridized carbons (Fsp3) is 1.00. The lowest BCUT2D eigenvalue weighted by Gasteiger charge is -2.19. The Kier molecular flexibility index (Phi) is 7.85. The minimum atomic E-state index is -0.111. The summed E-state index contributed by atoms with van der Waals surface area (Å²) in [4.78, 5) is 0. The molecule has 0 atom stereocenters. The monoisotopic (exact) mass is 133 g/mol. The summed E-state index contributed by atoms with van der Waals surface area (Å²) in [5, 5.41) is 11.5. The molecule has 0 aromatic heterocycles. The second-order valence-electron chi connectivity index (χ2n) is 2.29. The van der Waals surface area contributed by atoms with E-state index >= 15 is 0 Å². The molecule has 0 aromatic carbocycles. The zero-order chi connectivity index (χ0) is 7.91. The first-order valence-corrected chi connectivity index (χ1v) is 3.42. The molecule has 58 valence electrons. The minimum Gasteiger partial charge on any atom is -0.394 e. The third-order valence-electron chi connectivity index (χ3n) is 1.07. The molecule has 0 saturated heterocycles. The maximum absolute atomic E-state index is 8.53. The minimum absolute atomic E-state index is 0.111. The van der Waals surface area contributed by atoms with E-state index in [-0.39, 0.29) is 12.1 Å². The Morgan fingerprint density at radius 3 is 1.67 bits per heavy atom. The highest BCUT2D eigenvalue weighted by Gasteiger charge is 2.10. The molecule has 0 rings (SSSR count). The van der Waals surface area contributed by atoms with E-state index < -0.39 is 0 Å². The molecule has 0 bridgehead atoms. The fourth-order valence-corrected chi connectivity index (χ4v) is 0.0791. The van der Waals surface area contributed by atoms with Crippen LogP contribution in [0.5, 0.6) is 0 Å². The standard InChI is InChI=1S/C5H13NO.C2H6/c1-5(2,4-7)6-3;1-2/h6-7H,4H2,1-3H3;1-2H3. The van der Waals surface area contributed by atoms with Gasteiger partial charge in [0.2, 0.25) is 0 Å². The normalized spacial score (nSPS) is 10.0. The molecule has 0 amide bonds. The van der Waals surface area contributed by atoms with Gasteiger partial charge in [-0.05, 0) is 20.9 Å². The van der Waals surface area contributed by atoms with Crippen molar-refractivity contribution < 1.29 is 5.11 Å². The maximum atomic E-state index is 8.53. The highest BCUT2D eigenvalue weighted by atomic mass is 16.3. The fourth-order valence-electron chi connectivity index (χ4n) is 0.0791. The molecular weight excluding hydrogens is 114 g/mol. The highest BCUT2D eigenvalue weighted by Crippen LogP contribution is 1.95. The molecule has 0 unspecified atom stereocenters. The average molecular weight is 133 g/mol. The van der Waals surface area contributed by atoms with E-state index in [1.54, 1.807) is 0 Å². The van der Waals surface area contributed by atoms with Crippen molar-refractivity contribution >= 4 is 0 Å². The Morgan fingerprint density at radius 1 is 1.33 bits per heavy atom. The van der Waals surface area contributed by atoms with Gasteiger partial charge in [0.15, 0.2) is 0 Å². The van der Waals surface area contributed by atoms with E-state index in [1.165, 1.54) is 0 Å². The summed E-state index contributed by atoms with van der Waals surface area (Å²) in [6.45, 7) is 8.06. The topological polar surface area (TPSA) is 32.3 Å². The molecule has 0 aromatic rings. The van der Waals surface area contributed by atoms with E-state index in [9.17, 15) is 0 Å². The number of hydrogen-bond donors (Lipinski definition) is 2. The van der Waals surface area contributed by atoms with E-state index in [0.717, 1.165) is 0 Å². The molecule has 2 N–H and O–H groups in total. The number of nitrogens with one attached hydrogen (secondary N) is 1. The summed E-state index contributed by atoms with van der Waals surface area (Å²) < 4.78 is 0. The van der Waals surface area contributed by atoms with Gasteiger partial charge in [0.05, 0.1) is 6.61 Å². The van der Waals surface area contributed by atoms with E-state index in [0.29, 0.717) is 0 Å². The van der Waals surface area contributed by atoms with Crippen LogP contribution in [0, 0.1) is 0 Å². The zero-order valence-electron chi connectivity index (χ0n) is 7.15. The van der Waals surface area contributed by atoms with Crippen LogP contribution in [0.25, 0.3) is 0 Å². The summed E-state index contributed by atoms with van der Waals surface area (Å²) in [5.41, 5.74) is -0.111. The maximum Gasteiger partial charge on any atom is 0.0607 e. The summed E-state index contributed by atoms with van der Waals surface area (Å²) in [6.07, 6.45) is 0. The van der Waals surface area contributed by atoms with Gasteiger partial charge in [0, 0.05) is 5.54 Å². The summed E-state index contributed by atoms with van der Waals surface area (Å²) in [5.74, 6) is 0. The van der Waals surface area contributed by atoms with Crippen LogP contribution in [-0.4, -0.2) is 24.3 Å². The van der Waals surface area contributed by atoms with Crippen molar-refractivity contribution in [1.82, 2.24) is 5.32 Å². The van der Waals surface area contributed by atoms with E-state index in [2.05, 4.69) is 5.32 Å². The number of aliphatic hydroxyl groups excluding tert-OH is 1. The summed E-state index contributed by atoms with van der Waals surface area (Å²) >= 11 is 0. The van der Waals surface area contributed by atoms with Gasteiger partial charge in [-0.25, -0.2) is 0 Å². The largest absolute Gasteiger partial charge is 0.394 e. The first kappa shape index (κ1) is 11.7. The molecule has 0 radical (unpaired) electrons. The number of rotatable bonds is 2. The molecule has 2 nitrogen and oxygen atoms in total. The lowest BCUT2D eigenvalue weighted by Crippen LogP contribution is -2.39.